The van der Waals surface area contributed by atoms with E-state index in [4.69, 9.17) is 10.2 Å². The summed E-state index contributed by atoms with van der Waals surface area (Å²) in [4.78, 5) is 7.70. The standard InChI is InChI=1S/C30H30N4O2S/c1-22-16-27(14-15-29(22)37(35,36)28-6-4-3-5-7-28)33(19-25-12-13-25)21-30-32-18-23(2)34(30)20-26-10-8-24(17-31)9-11-26/h3-11,14-16,18,25H,12-13,19-21H2,1-2H3. The molecule has 1 aromatic heterocycles. The molecule has 0 spiro atoms. The van der Waals surface area contributed by atoms with Gasteiger partial charge in [0, 0.05) is 30.7 Å². The number of benzene rings is 3. The van der Waals surface area contributed by atoms with Crippen LogP contribution in [-0.4, -0.2) is 24.5 Å². The van der Waals surface area contributed by atoms with Gasteiger partial charge in [0.25, 0.3) is 0 Å². The van der Waals surface area contributed by atoms with Gasteiger partial charge in [-0.25, -0.2) is 13.4 Å². The van der Waals surface area contributed by atoms with Crippen molar-refractivity contribution in [2.75, 3.05) is 11.4 Å². The molecule has 1 heterocycles. The summed E-state index contributed by atoms with van der Waals surface area (Å²) >= 11 is 0. The van der Waals surface area contributed by atoms with E-state index in [0.717, 1.165) is 34.9 Å². The zero-order chi connectivity index (χ0) is 26.0. The molecule has 0 amide bonds. The molecule has 37 heavy (non-hydrogen) atoms. The van der Waals surface area contributed by atoms with E-state index in [0.29, 0.717) is 34.4 Å². The fourth-order valence-corrected chi connectivity index (χ4v) is 6.12. The van der Waals surface area contributed by atoms with Gasteiger partial charge in [0.15, 0.2) is 0 Å². The third kappa shape index (κ3) is 5.45. The number of aromatic nitrogens is 2. The molecule has 1 aliphatic carbocycles. The summed E-state index contributed by atoms with van der Waals surface area (Å²) in [5.74, 6) is 1.61. The summed E-state index contributed by atoms with van der Waals surface area (Å²) in [7, 11) is -3.58. The molecule has 0 bridgehead atoms. The van der Waals surface area contributed by atoms with E-state index >= 15 is 0 Å². The molecule has 1 aliphatic rings. The summed E-state index contributed by atoms with van der Waals surface area (Å²) in [5.41, 5.74) is 4.57. The van der Waals surface area contributed by atoms with Crippen LogP contribution in [0.25, 0.3) is 0 Å². The minimum Gasteiger partial charge on any atom is -0.364 e. The number of sulfone groups is 1. The summed E-state index contributed by atoms with van der Waals surface area (Å²) in [5, 5.41) is 9.09. The van der Waals surface area contributed by atoms with E-state index < -0.39 is 9.84 Å². The highest BCUT2D eigenvalue weighted by molar-refractivity contribution is 7.91. The number of rotatable bonds is 9. The lowest BCUT2D eigenvalue weighted by atomic mass is 10.1. The van der Waals surface area contributed by atoms with Crippen molar-refractivity contribution in [2.45, 2.75) is 49.6 Å². The molecule has 4 aromatic rings. The van der Waals surface area contributed by atoms with Crippen molar-refractivity contribution in [3.63, 3.8) is 0 Å². The first kappa shape index (κ1) is 24.8. The first-order chi connectivity index (χ1) is 17.8. The highest BCUT2D eigenvalue weighted by Crippen LogP contribution is 2.34. The predicted octanol–water partition coefficient (Wildman–Crippen LogP) is 5.67. The molecule has 0 unspecified atom stereocenters. The van der Waals surface area contributed by atoms with Gasteiger partial charge >= 0.3 is 0 Å². The zero-order valence-corrected chi connectivity index (χ0v) is 21.9. The third-order valence-corrected chi connectivity index (χ3v) is 8.87. The van der Waals surface area contributed by atoms with Gasteiger partial charge < -0.3 is 9.47 Å². The van der Waals surface area contributed by atoms with E-state index in [2.05, 4.69) is 22.5 Å². The van der Waals surface area contributed by atoms with Crippen molar-refractivity contribution in [2.24, 2.45) is 5.92 Å². The molecular formula is C30H30N4O2S. The second kappa shape index (κ2) is 10.2. The Balaban J connectivity index is 1.43. The van der Waals surface area contributed by atoms with Crippen LogP contribution in [-0.2, 0) is 22.9 Å². The molecule has 1 fully saturated rings. The summed E-state index contributed by atoms with van der Waals surface area (Å²) < 4.78 is 28.7. The maximum absolute atomic E-state index is 13.2. The first-order valence-corrected chi connectivity index (χ1v) is 14.0. The van der Waals surface area contributed by atoms with Gasteiger partial charge in [0.2, 0.25) is 9.84 Å². The number of nitriles is 1. The monoisotopic (exact) mass is 510 g/mol. The van der Waals surface area contributed by atoms with E-state index in [1.165, 1.54) is 12.8 Å². The van der Waals surface area contributed by atoms with Gasteiger partial charge in [-0.1, -0.05) is 30.3 Å². The van der Waals surface area contributed by atoms with Crippen LogP contribution in [0.15, 0.2) is 88.8 Å². The Morgan fingerprint density at radius 2 is 1.76 bits per heavy atom. The van der Waals surface area contributed by atoms with Crippen LogP contribution < -0.4 is 4.90 Å². The summed E-state index contributed by atoms with van der Waals surface area (Å²) in [6.45, 7) is 6.14. The molecule has 0 saturated heterocycles. The van der Waals surface area contributed by atoms with Gasteiger partial charge in [-0.3, -0.25) is 0 Å². The molecule has 7 heteroatoms. The SMILES string of the molecule is Cc1cc(N(Cc2ncc(C)n2Cc2ccc(C#N)cc2)CC2CC2)ccc1S(=O)(=O)c1ccccc1. The van der Waals surface area contributed by atoms with Crippen molar-refractivity contribution in [1.82, 2.24) is 9.55 Å². The van der Waals surface area contributed by atoms with Crippen LogP contribution in [0.1, 0.15) is 41.1 Å². The Morgan fingerprint density at radius 1 is 1.03 bits per heavy atom. The molecule has 188 valence electrons. The normalized spacial score (nSPS) is 13.3. The number of hydrogen-bond donors (Lipinski definition) is 0. The van der Waals surface area contributed by atoms with Crippen LogP contribution in [0.3, 0.4) is 0 Å². The van der Waals surface area contributed by atoms with Crippen LogP contribution in [0, 0.1) is 31.1 Å². The lowest BCUT2D eigenvalue weighted by Crippen LogP contribution is -2.27. The highest BCUT2D eigenvalue weighted by atomic mass is 32.2. The van der Waals surface area contributed by atoms with Crippen LogP contribution >= 0.6 is 0 Å². The van der Waals surface area contributed by atoms with Crippen LogP contribution in [0.2, 0.25) is 0 Å². The molecule has 0 N–H and O–H groups in total. The summed E-state index contributed by atoms with van der Waals surface area (Å²) in [6.07, 6.45) is 4.33. The molecule has 0 aliphatic heterocycles. The molecule has 5 rings (SSSR count). The Morgan fingerprint density at radius 3 is 2.41 bits per heavy atom. The van der Waals surface area contributed by atoms with Gasteiger partial charge in [-0.05, 0) is 86.2 Å². The molecule has 6 nitrogen and oxygen atoms in total. The van der Waals surface area contributed by atoms with Crippen LogP contribution in [0.5, 0.6) is 0 Å². The minimum atomic E-state index is -3.58. The number of hydrogen-bond acceptors (Lipinski definition) is 5. The highest BCUT2D eigenvalue weighted by Gasteiger charge is 2.27. The molecule has 0 atom stereocenters. The Bertz CT molecular complexity index is 1550. The summed E-state index contributed by atoms with van der Waals surface area (Å²) in [6, 6.07) is 24.0. The molecule has 1 saturated carbocycles. The predicted molar refractivity (Wildman–Crippen MR) is 144 cm³/mol. The quantitative estimate of drug-likeness (QED) is 0.290. The zero-order valence-electron chi connectivity index (χ0n) is 21.1. The smallest absolute Gasteiger partial charge is 0.206 e. The number of aryl methyl sites for hydroxylation is 2. The number of nitrogens with zero attached hydrogens (tertiary/aromatic N) is 4. The van der Waals surface area contributed by atoms with Gasteiger partial charge in [-0.2, -0.15) is 5.26 Å². The van der Waals surface area contributed by atoms with Crippen molar-refractivity contribution in [1.29, 1.82) is 5.26 Å². The third-order valence-electron chi connectivity index (χ3n) is 6.94. The fourth-order valence-electron chi connectivity index (χ4n) is 4.62. The van der Waals surface area contributed by atoms with Crippen molar-refractivity contribution in [3.05, 3.63) is 107 Å². The first-order valence-electron chi connectivity index (χ1n) is 12.5. The second-order valence-electron chi connectivity index (χ2n) is 9.80. The van der Waals surface area contributed by atoms with Gasteiger partial charge in [0.05, 0.1) is 28.0 Å². The van der Waals surface area contributed by atoms with E-state index in [9.17, 15) is 8.42 Å². The maximum Gasteiger partial charge on any atom is 0.206 e. The molecular weight excluding hydrogens is 480 g/mol. The lowest BCUT2D eigenvalue weighted by Gasteiger charge is -2.26. The maximum atomic E-state index is 13.2. The molecule has 3 aromatic carbocycles. The van der Waals surface area contributed by atoms with E-state index in [1.54, 1.807) is 30.3 Å². The van der Waals surface area contributed by atoms with Crippen molar-refractivity contribution in [3.8, 4) is 6.07 Å². The fraction of sp³-hybridized carbons (Fsp3) is 0.267. The van der Waals surface area contributed by atoms with Crippen LogP contribution in [0.4, 0.5) is 5.69 Å². The Labute approximate surface area is 218 Å². The Hall–Kier alpha value is -3.89. The topological polar surface area (TPSA) is 79.0 Å². The van der Waals surface area contributed by atoms with Gasteiger partial charge in [0.1, 0.15) is 5.82 Å². The second-order valence-corrected chi connectivity index (χ2v) is 11.7. The number of imidazole rings is 1. The average Bonchev–Trinajstić information content (AvgIpc) is 3.67. The Kier molecular flexibility index (Phi) is 6.86. The lowest BCUT2D eigenvalue weighted by molar-refractivity contribution is 0.595. The number of anilines is 1. The van der Waals surface area contributed by atoms with E-state index in [-0.39, 0.29) is 0 Å². The van der Waals surface area contributed by atoms with Crippen molar-refractivity contribution < 1.29 is 8.42 Å². The largest absolute Gasteiger partial charge is 0.364 e. The minimum absolute atomic E-state index is 0.306. The average molecular weight is 511 g/mol. The van der Waals surface area contributed by atoms with E-state index in [1.807, 2.05) is 55.6 Å². The van der Waals surface area contributed by atoms with Gasteiger partial charge in [-0.15, -0.1) is 0 Å². The molecule has 0 radical (unpaired) electrons. The van der Waals surface area contributed by atoms with Crippen molar-refractivity contribution >= 4 is 15.5 Å².